The lowest BCUT2D eigenvalue weighted by molar-refractivity contribution is -0.141. The zero-order valence-electron chi connectivity index (χ0n) is 18.9. The minimum absolute atomic E-state index is 0.129. The standard InChI is InChI=1S/C27H26N2O4/c1-4-33-27(32)25-18(3)29(20-14-12-17(2)13-15-20)24(30)16-22(25)26(31)28-23-11-7-9-19-8-5-6-10-21(19)23/h5-15,22H,4,16H2,1-3H3,(H,28,31)/t22-/m0/s1. The molecule has 1 atom stereocenters. The Bertz CT molecular complexity index is 1260. The van der Waals surface area contributed by atoms with Crippen LogP contribution >= 0.6 is 0 Å². The number of hydrogen-bond donors (Lipinski definition) is 1. The van der Waals surface area contributed by atoms with Crippen LogP contribution in [-0.2, 0) is 19.1 Å². The normalized spacial score (nSPS) is 16.2. The summed E-state index contributed by atoms with van der Waals surface area (Å²) in [4.78, 5) is 41.0. The van der Waals surface area contributed by atoms with Gasteiger partial charge in [-0.25, -0.2) is 4.79 Å². The van der Waals surface area contributed by atoms with Crippen LogP contribution in [0.4, 0.5) is 11.4 Å². The summed E-state index contributed by atoms with van der Waals surface area (Å²) in [6.45, 7) is 5.53. The van der Waals surface area contributed by atoms with E-state index in [0.29, 0.717) is 17.1 Å². The second-order valence-electron chi connectivity index (χ2n) is 8.06. The maximum Gasteiger partial charge on any atom is 0.336 e. The fourth-order valence-corrected chi connectivity index (χ4v) is 4.24. The van der Waals surface area contributed by atoms with Gasteiger partial charge in [-0.15, -0.1) is 0 Å². The van der Waals surface area contributed by atoms with Crippen molar-refractivity contribution in [1.82, 2.24) is 0 Å². The van der Waals surface area contributed by atoms with Gasteiger partial charge in [0.1, 0.15) is 0 Å². The summed E-state index contributed by atoms with van der Waals surface area (Å²) in [5, 5.41) is 4.80. The number of carbonyl (C=O) groups excluding carboxylic acids is 3. The molecule has 0 unspecified atom stereocenters. The topological polar surface area (TPSA) is 75.7 Å². The van der Waals surface area contributed by atoms with Gasteiger partial charge in [0.25, 0.3) is 0 Å². The third-order valence-corrected chi connectivity index (χ3v) is 5.85. The van der Waals surface area contributed by atoms with Crippen molar-refractivity contribution in [3.63, 3.8) is 0 Å². The van der Waals surface area contributed by atoms with E-state index >= 15 is 0 Å². The highest BCUT2D eigenvalue weighted by Crippen LogP contribution is 2.35. The summed E-state index contributed by atoms with van der Waals surface area (Å²) >= 11 is 0. The van der Waals surface area contributed by atoms with Crippen LogP contribution in [0.1, 0.15) is 25.8 Å². The molecule has 1 aliphatic rings. The summed E-state index contributed by atoms with van der Waals surface area (Å²) < 4.78 is 5.28. The predicted octanol–water partition coefficient (Wildman–Crippen LogP) is 4.98. The second kappa shape index (κ2) is 9.28. The Morgan fingerprint density at radius 2 is 1.70 bits per heavy atom. The van der Waals surface area contributed by atoms with E-state index in [1.54, 1.807) is 13.8 Å². The molecule has 0 aromatic heterocycles. The lowest BCUT2D eigenvalue weighted by atomic mass is 9.88. The number of benzene rings is 3. The predicted molar refractivity (Wildman–Crippen MR) is 129 cm³/mol. The van der Waals surface area contributed by atoms with E-state index in [1.165, 1.54) is 4.90 Å². The van der Waals surface area contributed by atoms with Crippen molar-refractivity contribution in [1.29, 1.82) is 0 Å². The summed E-state index contributed by atoms with van der Waals surface area (Å²) in [7, 11) is 0. The first kappa shape index (κ1) is 22.3. The molecule has 1 heterocycles. The number of rotatable bonds is 5. The van der Waals surface area contributed by atoms with E-state index in [-0.39, 0.29) is 24.5 Å². The number of esters is 1. The van der Waals surface area contributed by atoms with Crippen LogP contribution in [-0.4, -0.2) is 24.4 Å². The monoisotopic (exact) mass is 442 g/mol. The summed E-state index contributed by atoms with van der Waals surface area (Å²) in [6, 6.07) is 20.8. The molecule has 4 rings (SSSR count). The van der Waals surface area contributed by atoms with Crippen LogP contribution in [0.25, 0.3) is 10.8 Å². The Balaban J connectivity index is 1.73. The lowest BCUT2D eigenvalue weighted by Crippen LogP contribution is -2.43. The number of ether oxygens (including phenoxy) is 1. The molecule has 0 saturated carbocycles. The van der Waals surface area contributed by atoms with Gasteiger partial charge in [0, 0.05) is 28.9 Å². The third kappa shape index (κ3) is 4.37. The highest BCUT2D eigenvalue weighted by molar-refractivity contribution is 6.12. The first-order valence-corrected chi connectivity index (χ1v) is 11.0. The van der Waals surface area contributed by atoms with Crippen molar-refractivity contribution in [2.24, 2.45) is 5.92 Å². The van der Waals surface area contributed by atoms with Gasteiger partial charge in [0.05, 0.1) is 18.1 Å². The molecule has 3 aromatic rings. The number of nitrogens with one attached hydrogen (secondary N) is 1. The van der Waals surface area contributed by atoms with E-state index in [0.717, 1.165) is 16.3 Å². The van der Waals surface area contributed by atoms with Crippen LogP contribution in [0.2, 0.25) is 0 Å². The quantitative estimate of drug-likeness (QED) is 0.566. The van der Waals surface area contributed by atoms with E-state index < -0.39 is 17.8 Å². The van der Waals surface area contributed by atoms with Gasteiger partial charge in [-0.2, -0.15) is 0 Å². The molecular formula is C27H26N2O4. The van der Waals surface area contributed by atoms with Gasteiger partial charge in [-0.1, -0.05) is 54.1 Å². The fraction of sp³-hybridized carbons (Fsp3) is 0.222. The molecule has 3 aromatic carbocycles. The van der Waals surface area contributed by atoms with Crippen LogP contribution in [0.15, 0.2) is 78.0 Å². The second-order valence-corrected chi connectivity index (χ2v) is 8.06. The number of amides is 2. The SMILES string of the molecule is CCOC(=O)C1=C(C)N(c2ccc(C)cc2)C(=O)C[C@@H]1C(=O)Nc1cccc2ccccc12. The number of nitrogens with zero attached hydrogens (tertiary/aromatic N) is 1. The third-order valence-electron chi connectivity index (χ3n) is 5.85. The number of anilines is 2. The molecule has 0 spiro atoms. The van der Waals surface area contributed by atoms with Gasteiger partial charge in [0.2, 0.25) is 11.8 Å². The highest BCUT2D eigenvalue weighted by Gasteiger charge is 2.40. The molecule has 0 bridgehead atoms. The molecule has 1 aliphatic heterocycles. The number of allylic oxidation sites excluding steroid dienone is 1. The molecule has 0 saturated heterocycles. The van der Waals surface area contributed by atoms with E-state index in [9.17, 15) is 14.4 Å². The van der Waals surface area contributed by atoms with Crippen molar-refractivity contribution < 1.29 is 19.1 Å². The maximum atomic E-state index is 13.4. The molecule has 2 amide bonds. The van der Waals surface area contributed by atoms with Crippen LogP contribution in [0.3, 0.4) is 0 Å². The molecule has 0 aliphatic carbocycles. The highest BCUT2D eigenvalue weighted by atomic mass is 16.5. The molecule has 1 N–H and O–H groups in total. The molecular weight excluding hydrogens is 416 g/mol. The van der Waals surface area contributed by atoms with Crippen LogP contribution < -0.4 is 10.2 Å². The van der Waals surface area contributed by atoms with Gasteiger partial charge in [-0.05, 0) is 44.4 Å². The summed E-state index contributed by atoms with van der Waals surface area (Å²) in [6.07, 6.45) is -0.129. The first-order valence-electron chi connectivity index (χ1n) is 11.0. The molecule has 6 nitrogen and oxygen atoms in total. The van der Waals surface area contributed by atoms with Crippen molar-refractivity contribution >= 4 is 39.9 Å². The Labute approximate surface area is 192 Å². The first-order chi connectivity index (χ1) is 15.9. The van der Waals surface area contributed by atoms with Crippen molar-refractivity contribution in [3.8, 4) is 0 Å². The minimum atomic E-state index is -0.947. The van der Waals surface area contributed by atoms with Gasteiger partial charge < -0.3 is 10.1 Å². The number of hydrogen-bond acceptors (Lipinski definition) is 4. The molecule has 6 heteroatoms. The zero-order chi connectivity index (χ0) is 23.5. The summed E-state index contributed by atoms with van der Waals surface area (Å²) in [5.41, 5.74) is 2.95. The van der Waals surface area contributed by atoms with Crippen LogP contribution in [0, 0.1) is 12.8 Å². The molecule has 33 heavy (non-hydrogen) atoms. The Kier molecular flexibility index (Phi) is 6.27. The Morgan fingerprint density at radius 3 is 2.42 bits per heavy atom. The van der Waals surface area contributed by atoms with E-state index in [1.807, 2.05) is 73.7 Å². The van der Waals surface area contributed by atoms with E-state index in [2.05, 4.69) is 5.32 Å². The lowest BCUT2D eigenvalue weighted by Gasteiger charge is -2.33. The average molecular weight is 443 g/mol. The van der Waals surface area contributed by atoms with Gasteiger partial charge in [0.15, 0.2) is 0 Å². The zero-order valence-corrected chi connectivity index (χ0v) is 18.9. The number of fused-ring (bicyclic) bond motifs is 1. The van der Waals surface area contributed by atoms with Crippen LogP contribution in [0.5, 0.6) is 0 Å². The van der Waals surface area contributed by atoms with Crippen molar-refractivity contribution in [2.45, 2.75) is 27.2 Å². The maximum absolute atomic E-state index is 13.4. The van der Waals surface area contributed by atoms with Gasteiger partial charge >= 0.3 is 5.97 Å². The Morgan fingerprint density at radius 1 is 1.00 bits per heavy atom. The number of carbonyl (C=O) groups is 3. The van der Waals surface area contributed by atoms with Crippen molar-refractivity contribution in [3.05, 3.63) is 83.6 Å². The molecule has 168 valence electrons. The van der Waals surface area contributed by atoms with E-state index in [4.69, 9.17) is 4.74 Å². The number of aryl methyl sites for hydroxylation is 1. The minimum Gasteiger partial charge on any atom is -0.463 e. The molecule has 0 radical (unpaired) electrons. The van der Waals surface area contributed by atoms with Gasteiger partial charge in [-0.3, -0.25) is 14.5 Å². The largest absolute Gasteiger partial charge is 0.463 e. The average Bonchev–Trinajstić information content (AvgIpc) is 2.80. The smallest absolute Gasteiger partial charge is 0.336 e. The van der Waals surface area contributed by atoms with Crippen molar-refractivity contribution in [2.75, 3.05) is 16.8 Å². The fourth-order valence-electron chi connectivity index (χ4n) is 4.24. The molecule has 0 fully saturated rings. The Hall–Kier alpha value is -3.93. The summed E-state index contributed by atoms with van der Waals surface area (Å²) in [5.74, 6) is -2.19.